The van der Waals surface area contributed by atoms with Crippen LogP contribution in [0.3, 0.4) is 0 Å². The fourth-order valence-electron chi connectivity index (χ4n) is 3.25. The van der Waals surface area contributed by atoms with E-state index in [4.69, 9.17) is 0 Å². The Hall–Kier alpha value is -0.830. The topological polar surface area (TPSA) is 29.9 Å². The van der Waals surface area contributed by atoms with Gasteiger partial charge >= 0.3 is 0 Å². The Bertz CT molecular complexity index is 385. The van der Waals surface area contributed by atoms with Crippen LogP contribution in [0.2, 0.25) is 0 Å². The lowest BCUT2D eigenvalue weighted by molar-refractivity contribution is 0.267. The first kappa shape index (κ1) is 15.6. The zero-order chi connectivity index (χ0) is 14.4. The van der Waals surface area contributed by atoms with Crippen LogP contribution in [0.15, 0.2) is 12.3 Å². The molecule has 0 amide bonds. The van der Waals surface area contributed by atoms with Crippen molar-refractivity contribution in [1.82, 2.24) is 15.1 Å². The molecule has 0 bridgehead atoms. The Morgan fingerprint density at radius 3 is 3.05 bits per heavy atom. The molecule has 0 aromatic carbocycles. The van der Waals surface area contributed by atoms with E-state index in [1.54, 1.807) is 0 Å². The van der Waals surface area contributed by atoms with Crippen LogP contribution in [-0.2, 0) is 6.54 Å². The highest BCUT2D eigenvalue weighted by Crippen LogP contribution is 2.30. The van der Waals surface area contributed by atoms with Gasteiger partial charge in [-0.3, -0.25) is 4.68 Å². The van der Waals surface area contributed by atoms with Crippen molar-refractivity contribution in [2.75, 3.05) is 6.54 Å². The standard InChI is InChI=1S/C17H31N3/c1-4-15(3)20-11-9-17(19-20)13-18-10-8-16-7-5-6-14(2)12-16/h9,11,14-16,18H,4-8,10,12-13H2,1-3H3. The summed E-state index contributed by atoms with van der Waals surface area (Å²) in [7, 11) is 0. The van der Waals surface area contributed by atoms with Crippen LogP contribution in [0.4, 0.5) is 0 Å². The van der Waals surface area contributed by atoms with Crippen molar-refractivity contribution in [2.24, 2.45) is 11.8 Å². The maximum Gasteiger partial charge on any atom is 0.0762 e. The number of rotatable bonds is 7. The van der Waals surface area contributed by atoms with Crippen molar-refractivity contribution >= 4 is 0 Å². The van der Waals surface area contributed by atoms with Crippen molar-refractivity contribution in [3.05, 3.63) is 18.0 Å². The van der Waals surface area contributed by atoms with E-state index >= 15 is 0 Å². The van der Waals surface area contributed by atoms with Gasteiger partial charge in [0.25, 0.3) is 0 Å². The smallest absolute Gasteiger partial charge is 0.0762 e. The second-order valence-corrected chi connectivity index (χ2v) is 6.65. The monoisotopic (exact) mass is 277 g/mol. The predicted molar refractivity (Wildman–Crippen MR) is 84.7 cm³/mol. The maximum absolute atomic E-state index is 4.63. The second-order valence-electron chi connectivity index (χ2n) is 6.65. The molecule has 1 fully saturated rings. The number of hydrogen-bond donors (Lipinski definition) is 1. The van der Waals surface area contributed by atoms with Crippen LogP contribution >= 0.6 is 0 Å². The Labute approximate surface area is 124 Å². The molecule has 0 saturated heterocycles. The maximum atomic E-state index is 4.63. The Morgan fingerprint density at radius 1 is 1.45 bits per heavy atom. The molecule has 1 aromatic rings. The highest BCUT2D eigenvalue weighted by atomic mass is 15.3. The zero-order valence-corrected chi connectivity index (χ0v) is 13.4. The third-order valence-electron chi connectivity index (χ3n) is 4.79. The summed E-state index contributed by atoms with van der Waals surface area (Å²) in [5.41, 5.74) is 1.17. The first-order chi connectivity index (χ1) is 9.69. The van der Waals surface area contributed by atoms with Crippen LogP contribution in [0.5, 0.6) is 0 Å². The Kier molecular flexibility index (Phi) is 6.08. The number of aromatic nitrogens is 2. The third-order valence-corrected chi connectivity index (χ3v) is 4.79. The molecule has 0 radical (unpaired) electrons. The van der Waals surface area contributed by atoms with Crippen molar-refractivity contribution in [1.29, 1.82) is 0 Å². The summed E-state index contributed by atoms with van der Waals surface area (Å²) in [4.78, 5) is 0. The zero-order valence-electron chi connectivity index (χ0n) is 13.4. The molecular formula is C17H31N3. The van der Waals surface area contributed by atoms with E-state index in [0.717, 1.165) is 31.3 Å². The Balaban J connectivity index is 1.64. The van der Waals surface area contributed by atoms with Crippen LogP contribution in [-0.4, -0.2) is 16.3 Å². The molecule has 20 heavy (non-hydrogen) atoms. The SMILES string of the molecule is CCC(C)n1ccc(CNCCC2CCCC(C)C2)n1. The molecule has 3 heteroatoms. The molecule has 3 unspecified atom stereocenters. The lowest BCUT2D eigenvalue weighted by atomic mass is 9.81. The van der Waals surface area contributed by atoms with Crippen molar-refractivity contribution < 1.29 is 0 Å². The molecule has 1 N–H and O–H groups in total. The summed E-state index contributed by atoms with van der Waals surface area (Å²) < 4.78 is 2.08. The van der Waals surface area contributed by atoms with Crippen LogP contribution < -0.4 is 5.32 Å². The molecule has 1 aliphatic rings. The van der Waals surface area contributed by atoms with Gasteiger partial charge in [-0.05, 0) is 50.6 Å². The first-order valence-electron chi connectivity index (χ1n) is 8.43. The summed E-state index contributed by atoms with van der Waals surface area (Å²) in [6, 6.07) is 2.65. The normalized spacial score (nSPS) is 24.8. The van der Waals surface area contributed by atoms with E-state index in [1.165, 1.54) is 37.8 Å². The minimum Gasteiger partial charge on any atom is -0.311 e. The highest BCUT2D eigenvalue weighted by molar-refractivity contribution is 4.99. The molecule has 2 rings (SSSR count). The van der Waals surface area contributed by atoms with Crippen LogP contribution in [0, 0.1) is 11.8 Å². The Morgan fingerprint density at radius 2 is 2.30 bits per heavy atom. The van der Waals surface area contributed by atoms with Crippen molar-refractivity contribution in [3.8, 4) is 0 Å². The van der Waals surface area contributed by atoms with E-state index in [2.05, 4.69) is 48.1 Å². The minimum atomic E-state index is 0.507. The molecule has 1 heterocycles. The van der Waals surface area contributed by atoms with Gasteiger partial charge < -0.3 is 5.32 Å². The van der Waals surface area contributed by atoms with Gasteiger partial charge in [-0.25, -0.2) is 0 Å². The molecule has 0 spiro atoms. The fraction of sp³-hybridized carbons (Fsp3) is 0.824. The van der Waals surface area contributed by atoms with Gasteiger partial charge in [-0.1, -0.05) is 33.1 Å². The third kappa shape index (κ3) is 4.62. The molecule has 1 aliphatic carbocycles. The van der Waals surface area contributed by atoms with Gasteiger partial charge in [-0.2, -0.15) is 5.10 Å². The number of nitrogens with one attached hydrogen (secondary N) is 1. The summed E-state index contributed by atoms with van der Waals surface area (Å²) in [6.45, 7) is 8.87. The van der Waals surface area contributed by atoms with E-state index < -0.39 is 0 Å². The predicted octanol–water partition coefficient (Wildman–Crippen LogP) is 4.16. The van der Waals surface area contributed by atoms with E-state index in [-0.39, 0.29) is 0 Å². The summed E-state index contributed by atoms with van der Waals surface area (Å²) in [5, 5.41) is 8.19. The summed E-state index contributed by atoms with van der Waals surface area (Å²) in [5.74, 6) is 1.89. The molecule has 1 saturated carbocycles. The second kappa shape index (κ2) is 7.82. The van der Waals surface area contributed by atoms with Gasteiger partial charge in [0.05, 0.1) is 5.69 Å². The lowest BCUT2D eigenvalue weighted by Crippen LogP contribution is -2.21. The van der Waals surface area contributed by atoms with E-state index in [1.807, 2.05) is 0 Å². The highest BCUT2D eigenvalue weighted by Gasteiger charge is 2.18. The van der Waals surface area contributed by atoms with Crippen LogP contribution in [0.25, 0.3) is 0 Å². The molecule has 3 atom stereocenters. The van der Waals surface area contributed by atoms with Crippen LogP contribution in [0.1, 0.15) is 71.0 Å². The molecule has 114 valence electrons. The van der Waals surface area contributed by atoms with Crippen molar-refractivity contribution in [2.45, 2.75) is 71.9 Å². The fourth-order valence-corrected chi connectivity index (χ4v) is 3.25. The largest absolute Gasteiger partial charge is 0.311 e. The van der Waals surface area contributed by atoms with Gasteiger partial charge in [-0.15, -0.1) is 0 Å². The van der Waals surface area contributed by atoms with Gasteiger partial charge in [0.15, 0.2) is 0 Å². The first-order valence-corrected chi connectivity index (χ1v) is 8.43. The average molecular weight is 277 g/mol. The molecular weight excluding hydrogens is 246 g/mol. The van der Waals surface area contributed by atoms with Gasteiger partial charge in [0.1, 0.15) is 0 Å². The summed E-state index contributed by atoms with van der Waals surface area (Å²) in [6.07, 6.45) is 10.3. The van der Waals surface area contributed by atoms with Gasteiger partial charge in [0.2, 0.25) is 0 Å². The quantitative estimate of drug-likeness (QED) is 0.758. The van der Waals surface area contributed by atoms with Crippen molar-refractivity contribution in [3.63, 3.8) is 0 Å². The van der Waals surface area contributed by atoms with E-state index in [9.17, 15) is 0 Å². The molecule has 1 aromatic heterocycles. The molecule has 3 nitrogen and oxygen atoms in total. The van der Waals surface area contributed by atoms with E-state index in [0.29, 0.717) is 6.04 Å². The number of nitrogens with zero attached hydrogens (tertiary/aromatic N) is 2. The summed E-state index contributed by atoms with van der Waals surface area (Å²) >= 11 is 0. The van der Waals surface area contributed by atoms with Gasteiger partial charge in [0, 0.05) is 18.8 Å². The lowest BCUT2D eigenvalue weighted by Gasteiger charge is -2.26. The number of hydrogen-bond acceptors (Lipinski definition) is 2. The average Bonchev–Trinajstić information content (AvgIpc) is 2.92. The minimum absolute atomic E-state index is 0.507. The molecule has 0 aliphatic heterocycles.